The van der Waals surface area contributed by atoms with Crippen LogP contribution in [-0.2, 0) is 4.79 Å². The Morgan fingerprint density at radius 2 is 2.12 bits per heavy atom. The van der Waals surface area contributed by atoms with Gasteiger partial charge in [0, 0.05) is 31.6 Å². The molecule has 1 amide bonds. The van der Waals surface area contributed by atoms with Crippen molar-refractivity contribution in [2.45, 2.75) is 45.1 Å². The standard InChI is InChI=1S/C14H24N2O/c1-14(2)12-8-15-7-11(12)9-16(14)13(17)6-10-4-3-5-10/h10-12,15H,3-9H2,1-2H3. The molecule has 1 aliphatic carbocycles. The summed E-state index contributed by atoms with van der Waals surface area (Å²) in [5, 5.41) is 3.46. The summed E-state index contributed by atoms with van der Waals surface area (Å²) in [6.45, 7) is 7.68. The second-order valence-corrected chi connectivity index (χ2v) is 6.68. The largest absolute Gasteiger partial charge is 0.337 e. The summed E-state index contributed by atoms with van der Waals surface area (Å²) in [7, 11) is 0. The van der Waals surface area contributed by atoms with Crippen molar-refractivity contribution >= 4 is 5.91 Å². The molecule has 2 saturated heterocycles. The Labute approximate surface area is 104 Å². The smallest absolute Gasteiger partial charge is 0.223 e. The molecular formula is C14H24N2O. The van der Waals surface area contributed by atoms with Gasteiger partial charge in [-0.15, -0.1) is 0 Å². The summed E-state index contributed by atoms with van der Waals surface area (Å²) in [5.74, 6) is 2.45. The number of fused-ring (bicyclic) bond motifs is 1. The third-order valence-corrected chi connectivity index (χ3v) is 5.35. The third-order valence-electron chi connectivity index (χ3n) is 5.35. The number of amides is 1. The van der Waals surface area contributed by atoms with E-state index in [4.69, 9.17) is 0 Å². The van der Waals surface area contributed by atoms with Gasteiger partial charge in [-0.05, 0) is 44.4 Å². The first kappa shape index (κ1) is 11.5. The van der Waals surface area contributed by atoms with E-state index in [1.165, 1.54) is 19.3 Å². The molecule has 3 fully saturated rings. The molecule has 3 aliphatic rings. The molecule has 3 heteroatoms. The Balaban J connectivity index is 1.68. The van der Waals surface area contributed by atoms with Crippen LogP contribution in [0.1, 0.15) is 39.5 Å². The molecular weight excluding hydrogens is 212 g/mol. The predicted octanol–water partition coefficient (Wildman–Crippen LogP) is 1.63. The molecule has 0 radical (unpaired) electrons. The van der Waals surface area contributed by atoms with E-state index in [1.54, 1.807) is 0 Å². The molecule has 2 heterocycles. The lowest BCUT2D eigenvalue weighted by molar-refractivity contribution is -0.136. The summed E-state index contributed by atoms with van der Waals surface area (Å²) in [5.41, 5.74) is 0.0645. The van der Waals surface area contributed by atoms with E-state index >= 15 is 0 Å². The highest BCUT2D eigenvalue weighted by molar-refractivity contribution is 5.78. The van der Waals surface area contributed by atoms with Gasteiger partial charge in [0.1, 0.15) is 0 Å². The van der Waals surface area contributed by atoms with Crippen LogP contribution in [-0.4, -0.2) is 36.0 Å². The van der Waals surface area contributed by atoms with Gasteiger partial charge < -0.3 is 10.2 Å². The maximum Gasteiger partial charge on any atom is 0.223 e. The SMILES string of the molecule is CC1(C)C2CNCC2CN1C(=O)CC1CCC1. The number of nitrogens with one attached hydrogen (secondary N) is 1. The molecule has 0 spiro atoms. The average molecular weight is 236 g/mol. The Hall–Kier alpha value is -0.570. The van der Waals surface area contributed by atoms with Gasteiger partial charge in [0.05, 0.1) is 0 Å². The van der Waals surface area contributed by atoms with Gasteiger partial charge in [-0.1, -0.05) is 6.42 Å². The monoisotopic (exact) mass is 236 g/mol. The summed E-state index contributed by atoms with van der Waals surface area (Å²) >= 11 is 0. The molecule has 0 bridgehead atoms. The highest BCUT2D eigenvalue weighted by Gasteiger charge is 2.51. The van der Waals surface area contributed by atoms with Crippen molar-refractivity contribution in [1.29, 1.82) is 0 Å². The Morgan fingerprint density at radius 1 is 1.35 bits per heavy atom. The van der Waals surface area contributed by atoms with E-state index < -0.39 is 0 Å². The van der Waals surface area contributed by atoms with Gasteiger partial charge >= 0.3 is 0 Å². The third kappa shape index (κ3) is 1.79. The normalized spacial score (nSPS) is 35.8. The average Bonchev–Trinajstić information content (AvgIpc) is 2.75. The van der Waals surface area contributed by atoms with Crippen LogP contribution in [0.15, 0.2) is 0 Å². The van der Waals surface area contributed by atoms with Gasteiger partial charge in [-0.25, -0.2) is 0 Å². The number of likely N-dealkylation sites (tertiary alicyclic amines) is 1. The van der Waals surface area contributed by atoms with E-state index in [0.717, 1.165) is 26.1 Å². The van der Waals surface area contributed by atoms with Crippen molar-refractivity contribution in [3.05, 3.63) is 0 Å². The van der Waals surface area contributed by atoms with Crippen LogP contribution in [0.2, 0.25) is 0 Å². The summed E-state index contributed by atoms with van der Waals surface area (Å²) < 4.78 is 0. The molecule has 0 aromatic rings. The van der Waals surface area contributed by atoms with Crippen molar-refractivity contribution in [3.8, 4) is 0 Å². The van der Waals surface area contributed by atoms with Crippen LogP contribution >= 0.6 is 0 Å². The molecule has 2 aliphatic heterocycles. The Bertz CT molecular complexity index is 322. The van der Waals surface area contributed by atoms with Crippen molar-refractivity contribution in [1.82, 2.24) is 10.2 Å². The summed E-state index contributed by atoms with van der Waals surface area (Å²) in [6.07, 6.45) is 4.68. The fourth-order valence-corrected chi connectivity index (χ4v) is 3.90. The van der Waals surface area contributed by atoms with Crippen LogP contribution < -0.4 is 5.32 Å². The first-order valence-corrected chi connectivity index (χ1v) is 7.10. The van der Waals surface area contributed by atoms with Crippen LogP contribution in [0.25, 0.3) is 0 Å². The fraction of sp³-hybridized carbons (Fsp3) is 0.929. The number of carbonyl (C=O) groups excluding carboxylic acids is 1. The van der Waals surface area contributed by atoms with Gasteiger partial charge in [-0.3, -0.25) is 4.79 Å². The lowest BCUT2D eigenvalue weighted by Crippen LogP contribution is -2.48. The minimum atomic E-state index is 0.0645. The molecule has 1 saturated carbocycles. The number of rotatable bonds is 2. The number of hydrogen-bond donors (Lipinski definition) is 1. The van der Waals surface area contributed by atoms with Gasteiger partial charge in [0.2, 0.25) is 5.91 Å². The molecule has 17 heavy (non-hydrogen) atoms. The first-order chi connectivity index (χ1) is 8.09. The lowest BCUT2D eigenvalue weighted by Gasteiger charge is -2.37. The van der Waals surface area contributed by atoms with Crippen molar-refractivity contribution in [2.24, 2.45) is 17.8 Å². The van der Waals surface area contributed by atoms with E-state index in [0.29, 0.717) is 23.7 Å². The topological polar surface area (TPSA) is 32.3 Å². The second-order valence-electron chi connectivity index (χ2n) is 6.68. The molecule has 1 N–H and O–H groups in total. The van der Waals surface area contributed by atoms with E-state index in [2.05, 4.69) is 24.1 Å². The van der Waals surface area contributed by atoms with E-state index in [-0.39, 0.29) is 5.54 Å². The van der Waals surface area contributed by atoms with Gasteiger partial charge in [-0.2, -0.15) is 0 Å². The number of carbonyl (C=O) groups is 1. The number of hydrogen-bond acceptors (Lipinski definition) is 2. The maximum atomic E-state index is 12.4. The minimum absolute atomic E-state index is 0.0645. The quantitative estimate of drug-likeness (QED) is 0.790. The zero-order chi connectivity index (χ0) is 12.0. The highest BCUT2D eigenvalue weighted by Crippen LogP contribution is 2.41. The molecule has 3 rings (SSSR count). The molecule has 2 atom stereocenters. The minimum Gasteiger partial charge on any atom is -0.337 e. The lowest BCUT2D eigenvalue weighted by atomic mass is 9.82. The molecule has 2 unspecified atom stereocenters. The molecule has 0 aromatic heterocycles. The second kappa shape index (κ2) is 3.98. The molecule has 0 aromatic carbocycles. The predicted molar refractivity (Wildman–Crippen MR) is 67.6 cm³/mol. The maximum absolute atomic E-state index is 12.4. The molecule has 3 nitrogen and oxygen atoms in total. The zero-order valence-corrected chi connectivity index (χ0v) is 11.0. The molecule has 96 valence electrons. The van der Waals surface area contributed by atoms with Crippen LogP contribution in [0.4, 0.5) is 0 Å². The number of nitrogens with zero attached hydrogens (tertiary/aromatic N) is 1. The fourth-order valence-electron chi connectivity index (χ4n) is 3.90. The van der Waals surface area contributed by atoms with Crippen molar-refractivity contribution in [2.75, 3.05) is 19.6 Å². The Morgan fingerprint density at radius 3 is 2.71 bits per heavy atom. The van der Waals surface area contributed by atoms with Crippen molar-refractivity contribution < 1.29 is 4.79 Å². The first-order valence-electron chi connectivity index (χ1n) is 7.10. The van der Waals surface area contributed by atoms with Crippen LogP contribution in [0.3, 0.4) is 0 Å². The van der Waals surface area contributed by atoms with E-state index in [9.17, 15) is 4.79 Å². The van der Waals surface area contributed by atoms with Crippen LogP contribution in [0.5, 0.6) is 0 Å². The zero-order valence-electron chi connectivity index (χ0n) is 11.0. The van der Waals surface area contributed by atoms with Gasteiger partial charge in [0.15, 0.2) is 0 Å². The van der Waals surface area contributed by atoms with E-state index in [1.807, 2.05) is 0 Å². The van der Waals surface area contributed by atoms with Crippen LogP contribution in [0, 0.1) is 17.8 Å². The highest BCUT2D eigenvalue weighted by atomic mass is 16.2. The summed E-state index contributed by atoms with van der Waals surface area (Å²) in [4.78, 5) is 14.6. The van der Waals surface area contributed by atoms with Crippen molar-refractivity contribution in [3.63, 3.8) is 0 Å². The Kier molecular flexibility index (Phi) is 2.69. The van der Waals surface area contributed by atoms with Gasteiger partial charge in [0.25, 0.3) is 0 Å². The summed E-state index contributed by atoms with van der Waals surface area (Å²) in [6, 6.07) is 0.